The molecule has 0 aromatic rings. The molecule has 1 heteroatoms. The Hall–Kier alpha value is -0.560. The molecule has 0 saturated carbocycles. The average Bonchev–Trinajstić information content (AvgIpc) is 2.03. The zero-order chi connectivity index (χ0) is 8.97. The minimum absolute atomic E-state index is 0.341. The molecule has 1 atom stereocenters. The molecule has 0 aromatic heterocycles. The summed E-state index contributed by atoms with van der Waals surface area (Å²) in [5.74, 6) is 0. The van der Waals surface area contributed by atoms with Crippen LogP contribution in [0.4, 0.5) is 0 Å². The van der Waals surface area contributed by atoms with Gasteiger partial charge in [-0.2, -0.15) is 0 Å². The predicted octanol–water partition coefficient (Wildman–Crippen LogP) is 3.08. The van der Waals surface area contributed by atoms with Gasteiger partial charge in [-0.25, -0.2) is 0 Å². The SMILES string of the molecule is CCCOC1CC=C(C)C=C1C. The van der Waals surface area contributed by atoms with Crippen molar-refractivity contribution in [1.82, 2.24) is 0 Å². The van der Waals surface area contributed by atoms with E-state index in [1.165, 1.54) is 11.1 Å². The zero-order valence-corrected chi connectivity index (χ0v) is 8.26. The van der Waals surface area contributed by atoms with E-state index < -0.39 is 0 Å². The summed E-state index contributed by atoms with van der Waals surface area (Å²) in [7, 11) is 0. The molecule has 0 heterocycles. The van der Waals surface area contributed by atoms with Gasteiger partial charge < -0.3 is 4.74 Å². The Labute approximate surface area is 75.1 Å². The van der Waals surface area contributed by atoms with Crippen LogP contribution in [0.2, 0.25) is 0 Å². The third kappa shape index (κ3) is 2.49. The Morgan fingerprint density at radius 1 is 1.50 bits per heavy atom. The molecule has 1 aliphatic rings. The highest BCUT2D eigenvalue weighted by molar-refractivity contribution is 5.28. The molecule has 0 aliphatic heterocycles. The number of hydrogen-bond donors (Lipinski definition) is 0. The highest BCUT2D eigenvalue weighted by atomic mass is 16.5. The van der Waals surface area contributed by atoms with Gasteiger partial charge in [-0.3, -0.25) is 0 Å². The van der Waals surface area contributed by atoms with Crippen LogP contribution in [-0.4, -0.2) is 12.7 Å². The Bertz CT molecular complexity index is 201. The van der Waals surface area contributed by atoms with Crippen LogP contribution in [0.1, 0.15) is 33.6 Å². The maximum Gasteiger partial charge on any atom is 0.0820 e. The fourth-order valence-corrected chi connectivity index (χ4v) is 1.45. The Kier molecular flexibility index (Phi) is 3.54. The molecule has 0 aromatic carbocycles. The van der Waals surface area contributed by atoms with Crippen LogP contribution in [-0.2, 0) is 4.74 Å². The molecule has 0 fully saturated rings. The second-order valence-corrected chi connectivity index (χ2v) is 3.43. The first kappa shape index (κ1) is 9.53. The van der Waals surface area contributed by atoms with E-state index >= 15 is 0 Å². The van der Waals surface area contributed by atoms with Gasteiger partial charge in [0.15, 0.2) is 0 Å². The zero-order valence-electron chi connectivity index (χ0n) is 8.26. The molecule has 0 amide bonds. The monoisotopic (exact) mass is 166 g/mol. The molecule has 1 rings (SSSR count). The van der Waals surface area contributed by atoms with Crippen LogP contribution in [0.3, 0.4) is 0 Å². The molecule has 1 aliphatic carbocycles. The fraction of sp³-hybridized carbons (Fsp3) is 0.636. The van der Waals surface area contributed by atoms with Gasteiger partial charge in [-0.1, -0.05) is 24.6 Å². The molecular formula is C11H18O. The van der Waals surface area contributed by atoms with Crippen molar-refractivity contribution in [2.24, 2.45) is 0 Å². The van der Waals surface area contributed by atoms with Gasteiger partial charge in [0.05, 0.1) is 6.10 Å². The lowest BCUT2D eigenvalue weighted by molar-refractivity contribution is 0.0789. The van der Waals surface area contributed by atoms with Crippen molar-refractivity contribution < 1.29 is 4.74 Å². The van der Waals surface area contributed by atoms with Gasteiger partial charge in [-0.05, 0) is 32.3 Å². The van der Waals surface area contributed by atoms with Crippen molar-refractivity contribution in [3.8, 4) is 0 Å². The van der Waals surface area contributed by atoms with E-state index in [4.69, 9.17) is 4.74 Å². The highest BCUT2D eigenvalue weighted by Crippen LogP contribution is 2.19. The quantitative estimate of drug-likeness (QED) is 0.626. The molecule has 0 bridgehead atoms. The third-order valence-corrected chi connectivity index (χ3v) is 2.14. The highest BCUT2D eigenvalue weighted by Gasteiger charge is 2.12. The Morgan fingerprint density at radius 3 is 2.83 bits per heavy atom. The minimum Gasteiger partial charge on any atom is -0.374 e. The first-order valence-corrected chi connectivity index (χ1v) is 4.70. The lowest BCUT2D eigenvalue weighted by Gasteiger charge is -2.20. The van der Waals surface area contributed by atoms with Crippen LogP contribution >= 0.6 is 0 Å². The van der Waals surface area contributed by atoms with Gasteiger partial charge in [-0.15, -0.1) is 0 Å². The summed E-state index contributed by atoms with van der Waals surface area (Å²) >= 11 is 0. The molecule has 0 spiro atoms. The minimum atomic E-state index is 0.341. The Balaban J connectivity index is 2.44. The van der Waals surface area contributed by atoms with Crippen molar-refractivity contribution in [3.05, 3.63) is 23.3 Å². The number of allylic oxidation sites excluding steroid dienone is 2. The second-order valence-electron chi connectivity index (χ2n) is 3.43. The van der Waals surface area contributed by atoms with E-state index in [-0.39, 0.29) is 0 Å². The summed E-state index contributed by atoms with van der Waals surface area (Å²) in [5.41, 5.74) is 2.73. The van der Waals surface area contributed by atoms with Crippen molar-refractivity contribution in [2.45, 2.75) is 39.7 Å². The lowest BCUT2D eigenvalue weighted by atomic mass is 9.99. The molecule has 1 unspecified atom stereocenters. The maximum absolute atomic E-state index is 5.68. The second kappa shape index (κ2) is 4.46. The van der Waals surface area contributed by atoms with E-state index in [2.05, 4.69) is 32.9 Å². The van der Waals surface area contributed by atoms with Crippen LogP contribution in [0.15, 0.2) is 23.3 Å². The van der Waals surface area contributed by atoms with Crippen LogP contribution in [0, 0.1) is 0 Å². The van der Waals surface area contributed by atoms with Crippen molar-refractivity contribution in [2.75, 3.05) is 6.61 Å². The van der Waals surface area contributed by atoms with Crippen LogP contribution in [0.25, 0.3) is 0 Å². The first-order valence-electron chi connectivity index (χ1n) is 4.70. The topological polar surface area (TPSA) is 9.23 Å². The number of ether oxygens (including phenoxy) is 1. The number of hydrogen-bond acceptors (Lipinski definition) is 1. The summed E-state index contributed by atoms with van der Waals surface area (Å²) in [6.45, 7) is 7.31. The van der Waals surface area contributed by atoms with Crippen LogP contribution < -0.4 is 0 Å². The summed E-state index contributed by atoms with van der Waals surface area (Å²) in [4.78, 5) is 0. The lowest BCUT2D eigenvalue weighted by Crippen LogP contribution is -2.16. The largest absolute Gasteiger partial charge is 0.374 e. The fourth-order valence-electron chi connectivity index (χ4n) is 1.45. The molecule has 0 N–H and O–H groups in total. The summed E-state index contributed by atoms with van der Waals surface area (Å²) in [6.07, 6.45) is 6.95. The molecular weight excluding hydrogens is 148 g/mol. The van der Waals surface area contributed by atoms with Crippen molar-refractivity contribution in [1.29, 1.82) is 0 Å². The molecule has 68 valence electrons. The van der Waals surface area contributed by atoms with Crippen molar-refractivity contribution in [3.63, 3.8) is 0 Å². The van der Waals surface area contributed by atoms with Crippen LogP contribution in [0.5, 0.6) is 0 Å². The van der Waals surface area contributed by atoms with Crippen molar-refractivity contribution >= 4 is 0 Å². The molecule has 0 radical (unpaired) electrons. The predicted molar refractivity (Wildman–Crippen MR) is 52.2 cm³/mol. The molecule has 1 nitrogen and oxygen atoms in total. The van der Waals surface area contributed by atoms with Gasteiger partial charge in [0, 0.05) is 6.61 Å². The Morgan fingerprint density at radius 2 is 2.25 bits per heavy atom. The van der Waals surface area contributed by atoms with E-state index in [0.717, 1.165) is 19.4 Å². The molecule has 12 heavy (non-hydrogen) atoms. The van der Waals surface area contributed by atoms with Gasteiger partial charge in [0.2, 0.25) is 0 Å². The van der Waals surface area contributed by atoms with E-state index in [1.807, 2.05) is 0 Å². The van der Waals surface area contributed by atoms with E-state index in [1.54, 1.807) is 0 Å². The average molecular weight is 166 g/mol. The van der Waals surface area contributed by atoms with Gasteiger partial charge >= 0.3 is 0 Å². The third-order valence-electron chi connectivity index (χ3n) is 2.14. The molecule has 0 saturated heterocycles. The maximum atomic E-state index is 5.68. The smallest absolute Gasteiger partial charge is 0.0820 e. The van der Waals surface area contributed by atoms with Gasteiger partial charge in [0.1, 0.15) is 0 Å². The number of rotatable bonds is 3. The normalized spacial score (nSPS) is 23.4. The first-order chi connectivity index (χ1) is 5.74. The van der Waals surface area contributed by atoms with E-state index in [0.29, 0.717) is 6.10 Å². The van der Waals surface area contributed by atoms with E-state index in [9.17, 15) is 0 Å². The summed E-state index contributed by atoms with van der Waals surface area (Å²) < 4.78 is 5.68. The standard InChI is InChI=1S/C11H18O/c1-4-7-12-11-6-5-9(2)8-10(11)3/h5,8,11H,4,6-7H2,1-3H3. The summed E-state index contributed by atoms with van der Waals surface area (Å²) in [6, 6.07) is 0. The van der Waals surface area contributed by atoms with Gasteiger partial charge in [0.25, 0.3) is 0 Å². The summed E-state index contributed by atoms with van der Waals surface area (Å²) in [5, 5.41) is 0.